The Labute approximate surface area is 139 Å². The van der Waals surface area contributed by atoms with E-state index in [2.05, 4.69) is 51.7 Å². The van der Waals surface area contributed by atoms with Crippen LogP contribution in [0.15, 0.2) is 39.5 Å². The summed E-state index contributed by atoms with van der Waals surface area (Å²) in [5, 5.41) is 12.7. The van der Waals surface area contributed by atoms with Crippen molar-refractivity contribution in [3.05, 3.63) is 40.7 Å². The molecule has 0 aliphatic heterocycles. The molecule has 22 heavy (non-hydrogen) atoms. The summed E-state index contributed by atoms with van der Waals surface area (Å²) in [6, 6.07) is 8.25. The Hall–Kier alpha value is -1.77. The Bertz CT molecular complexity index is 753. The molecule has 0 saturated heterocycles. The van der Waals surface area contributed by atoms with Gasteiger partial charge in [0.25, 0.3) is 0 Å². The van der Waals surface area contributed by atoms with Crippen LogP contribution in [-0.2, 0) is 4.79 Å². The molecule has 0 spiro atoms. The molecule has 0 fully saturated rings. The van der Waals surface area contributed by atoms with Crippen LogP contribution in [-0.4, -0.2) is 26.8 Å². The third-order valence-corrected chi connectivity index (χ3v) is 5.39. The predicted octanol–water partition coefficient (Wildman–Crippen LogP) is 3.70. The third kappa shape index (κ3) is 3.90. The summed E-state index contributed by atoms with van der Waals surface area (Å²) < 4.78 is 0.878. The van der Waals surface area contributed by atoms with E-state index in [4.69, 9.17) is 0 Å². The lowest BCUT2D eigenvalue weighted by molar-refractivity contribution is -0.113. The molecule has 1 amide bonds. The molecule has 0 unspecified atom stereocenters. The molecule has 1 N–H and O–H groups in total. The quantitative estimate of drug-likeness (QED) is 0.712. The maximum Gasteiger partial charge on any atom is 0.236 e. The van der Waals surface area contributed by atoms with Crippen molar-refractivity contribution in [3.63, 3.8) is 0 Å². The maximum atomic E-state index is 11.8. The minimum absolute atomic E-state index is 0.103. The van der Waals surface area contributed by atoms with Gasteiger partial charge in [-0.2, -0.15) is 0 Å². The SMILES string of the molecule is Cc1ccc(-c2csc(SCC(=O)Nc3nncs3)n2)cc1. The Morgan fingerprint density at radius 1 is 1.27 bits per heavy atom. The van der Waals surface area contributed by atoms with Crippen LogP contribution in [0.1, 0.15) is 5.56 Å². The largest absolute Gasteiger partial charge is 0.300 e. The molecule has 0 saturated carbocycles. The van der Waals surface area contributed by atoms with Gasteiger partial charge in [-0.1, -0.05) is 52.9 Å². The van der Waals surface area contributed by atoms with E-state index >= 15 is 0 Å². The minimum atomic E-state index is -0.103. The second-order valence-corrected chi connectivity index (χ2v) is 7.36. The van der Waals surface area contributed by atoms with E-state index in [0.29, 0.717) is 10.9 Å². The number of amides is 1. The fourth-order valence-electron chi connectivity index (χ4n) is 1.69. The Morgan fingerprint density at radius 3 is 2.82 bits per heavy atom. The van der Waals surface area contributed by atoms with Crippen LogP contribution < -0.4 is 5.32 Å². The van der Waals surface area contributed by atoms with Gasteiger partial charge in [-0.15, -0.1) is 21.5 Å². The van der Waals surface area contributed by atoms with Crippen molar-refractivity contribution in [2.75, 3.05) is 11.1 Å². The highest BCUT2D eigenvalue weighted by Crippen LogP contribution is 2.28. The molecule has 3 aromatic rings. The lowest BCUT2D eigenvalue weighted by Gasteiger charge is -1.99. The van der Waals surface area contributed by atoms with Crippen molar-refractivity contribution in [2.24, 2.45) is 0 Å². The number of thiazole rings is 1. The van der Waals surface area contributed by atoms with Gasteiger partial charge in [0.05, 0.1) is 11.4 Å². The molecule has 0 radical (unpaired) electrons. The monoisotopic (exact) mass is 348 g/mol. The molecule has 1 aromatic carbocycles. The number of rotatable bonds is 5. The number of aryl methyl sites for hydroxylation is 1. The van der Waals surface area contributed by atoms with Gasteiger partial charge in [0.2, 0.25) is 11.0 Å². The van der Waals surface area contributed by atoms with Crippen molar-refractivity contribution < 1.29 is 4.79 Å². The van der Waals surface area contributed by atoms with E-state index in [-0.39, 0.29) is 5.91 Å². The summed E-state index contributed by atoms with van der Waals surface area (Å²) in [5.74, 6) is 0.203. The van der Waals surface area contributed by atoms with Gasteiger partial charge in [-0.25, -0.2) is 4.98 Å². The number of hydrogen-bond donors (Lipinski definition) is 1. The van der Waals surface area contributed by atoms with Crippen molar-refractivity contribution in [3.8, 4) is 11.3 Å². The number of hydrogen-bond acceptors (Lipinski definition) is 7. The molecule has 0 bridgehead atoms. The molecule has 8 heteroatoms. The Morgan fingerprint density at radius 2 is 2.09 bits per heavy atom. The average Bonchev–Trinajstić information content (AvgIpc) is 3.17. The number of anilines is 1. The molecular formula is C14H12N4OS3. The van der Waals surface area contributed by atoms with Gasteiger partial charge in [0, 0.05) is 10.9 Å². The average molecular weight is 348 g/mol. The molecule has 2 aromatic heterocycles. The van der Waals surface area contributed by atoms with Crippen molar-refractivity contribution in [1.82, 2.24) is 15.2 Å². The summed E-state index contributed by atoms with van der Waals surface area (Å²) in [5.41, 5.74) is 4.84. The van der Waals surface area contributed by atoms with E-state index < -0.39 is 0 Å². The maximum absolute atomic E-state index is 11.8. The van der Waals surface area contributed by atoms with Crippen molar-refractivity contribution in [1.29, 1.82) is 0 Å². The lowest BCUT2D eigenvalue weighted by atomic mass is 10.1. The Balaban J connectivity index is 1.57. The number of carbonyl (C=O) groups excluding carboxylic acids is 1. The zero-order valence-electron chi connectivity index (χ0n) is 11.6. The second-order valence-electron chi connectivity index (χ2n) is 4.45. The summed E-state index contributed by atoms with van der Waals surface area (Å²) in [4.78, 5) is 16.3. The zero-order valence-corrected chi connectivity index (χ0v) is 14.1. The third-order valence-electron chi connectivity index (χ3n) is 2.76. The van der Waals surface area contributed by atoms with Gasteiger partial charge >= 0.3 is 0 Å². The fourth-order valence-corrected chi connectivity index (χ4v) is 3.79. The molecule has 0 aliphatic carbocycles. The highest BCUT2D eigenvalue weighted by molar-refractivity contribution is 8.01. The van der Waals surface area contributed by atoms with Crippen molar-refractivity contribution >= 4 is 45.5 Å². The van der Waals surface area contributed by atoms with Crippen LogP contribution in [0.5, 0.6) is 0 Å². The first-order chi connectivity index (χ1) is 10.7. The molecule has 0 atom stereocenters. The normalized spacial score (nSPS) is 10.6. The molecule has 3 rings (SSSR count). The predicted molar refractivity (Wildman–Crippen MR) is 91.5 cm³/mol. The minimum Gasteiger partial charge on any atom is -0.300 e. The number of carbonyl (C=O) groups is 1. The first kappa shape index (κ1) is 15.1. The molecule has 2 heterocycles. The first-order valence-corrected chi connectivity index (χ1v) is 9.16. The topological polar surface area (TPSA) is 67.8 Å². The van der Waals surface area contributed by atoms with Crippen molar-refractivity contribution in [2.45, 2.75) is 11.3 Å². The van der Waals surface area contributed by atoms with Gasteiger partial charge in [0.1, 0.15) is 5.51 Å². The van der Waals surface area contributed by atoms with Gasteiger partial charge < -0.3 is 0 Å². The molecule has 5 nitrogen and oxygen atoms in total. The molecule has 112 valence electrons. The highest BCUT2D eigenvalue weighted by Gasteiger charge is 2.09. The van der Waals surface area contributed by atoms with Crippen LogP contribution in [0.25, 0.3) is 11.3 Å². The smallest absolute Gasteiger partial charge is 0.236 e. The zero-order chi connectivity index (χ0) is 15.4. The lowest BCUT2D eigenvalue weighted by Crippen LogP contribution is -2.13. The van der Waals surface area contributed by atoms with E-state index in [9.17, 15) is 4.79 Å². The number of benzene rings is 1. The fraction of sp³-hybridized carbons (Fsp3) is 0.143. The van der Waals surface area contributed by atoms with Gasteiger partial charge in [-0.3, -0.25) is 10.1 Å². The summed E-state index contributed by atoms with van der Waals surface area (Å²) in [6.07, 6.45) is 0. The van der Waals surface area contributed by atoms with Crippen LogP contribution in [0.2, 0.25) is 0 Å². The standard InChI is InChI=1S/C14H12N4OS3/c1-9-2-4-10(5-3-9)11-6-20-14(16-11)21-7-12(19)17-13-18-15-8-22-13/h2-6,8H,7H2,1H3,(H,17,18,19). The summed E-state index contributed by atoms with van der Waals surface area (Å²) >= 11 is 4.26. The number of nitrogens with zero attached hydrogens (tertiary/aromatic N) is 3. The van der Waals surface area contributed by atoms with E-state index in [1.54, 1.807) is 16.8 Å². The van der Waals surface area contributed by atoms with Gasteiger partial charge in [-0.05, 0) is 6.92 Å². The van der Waals surface area contributed by atoms with Crippen LogP contribution in [0.3, 0.4) is 0 Å². The van der Waals surface area contributed by atoms with E-state index in [0.717, 1.165) is 15.6 Å². The number of thioether (sulfide) groups is 1. The Kier molecular flexibility index (Phi) is 4.81. The van der Waals surface area contributed by atoms with Crippen LogP contribution >= 0.6 is 34.4 Å². The second kappa shape index (κ2) is 6.99. The van der Waals surface area contributed by atoms with E-state index in [1.165, 1.54) is 28.7 Å². The summed E-state index contributed by atoms with van der Waals surface area (Å²) in [7, 11) is 0. The first-order valence-electron chi connectivity index (χ1n) is 6.42. The van der Waals surface area contributed by atoms with Crippen LogP contribution in [0, 0.1) is 6.92 Å². The van der Waals surface area contributed by atoms with E-state index in [1.807, 2.05) is 5.38 Å². The number of aromatic nitrogens is 3. The molecular weight excluding hydrogens is 336 g/mol. The highest BCUT2D eigenvalue weighted by atomic mass is 32.2. The van der Waals surface area contributed by atoms with Gasteiger partial charge in [0.15, 0.2) is 4.34 Å². The summed E-state index contributed by atoms with van der Waals surface area (Å²) in [6.45, 7) is 2.06. The van der Waals surface area contributed by atoms with Crippen LogP contribution in [0.4, 0.5) is 5.13 Å². The molecule has 0 aliphatic rings. The number of nitrogens with one attached hydrogen (secondary N) is 1.